The fourth-order valence-corrected chi connectivity index (χ4v) is 1.42. The van der Waals surface area contributed by atoms with Crippen LogP contribution in [0.4, 0.5) is 4.39 Å². The van der Waals surface area contributed by atoms with Crippen molar-refractivity contribution < 1.29 is 14.2 Å². The fraction of sp³-hybridized carbons (Fsp3) is 0.400. The summed E-state index contributed by atoms with van der Waals surface area (Å²) in [5.41, 5.74) is -1.08. The minimum Gasteiger partial charge on any atom is -0.492 e. The Balaban J connectivity index is 3.36. The molecule has 0 radical (unpaired) electrons. The van der Waals surface area contributed by atoms with Crippen molar-refractivity contribution in [2.24, 2.45) is 0 Å². The highest BCUT2D eigenvalue weighted by Gasteiger charge is 2.24. The second kappa shape index (κ2) is 3.75. The number of benzene rings is 1. The smallest absolute Gasteiger partial charge is 0.173 e. The average molecular weight is 219 g/mol. The minimum atomic E-state index is -1.25. The Hall–Kier alpha value is -0.800. The van der Waals surface area contributed by atoms with Gasteiger partial charge in [-0.05, 0) is 19.9 Å². The van der Waals surface area contributed by atoms with E-state index in [0.717, 1.165) is 0 Å². The molecule has 0 saturated carbocycles. The van der Waals surface area contributed by atoms with Gasteiger partial charge in [0, 0.05) is 5.56 Å². The summed E-state index contributed by atoms with van der Waals surface area (Å²) in [6.45, 7) is 3.00. The molecule has 1 N–H and O–H groups in total. The maximum absolute atomic E-state index is 13.7. The van der Waals surface area contributed by atoms with Gasteiger partial charge in [-0.15, -0.1) is 0 Å². The molecule has 0 atom stereocenters. The third-order valence-electron chi connectivity index (χ3n) is 1.91. The molecule has 1 aromatic carbocycles. The first-order chi connectivity index (χ1) is 6.38. The fourth-order valence-electron chi connectivity index (χ4n) is 1.19. The quantitative estimate of drug-likeness (QED) is 0.827. The van der Waals surface area contributed by atoms with E-state index in [0.29, 0.717) is 0 Å². The van der Waals surface area contributed by atoms with Crippen LogP contribution < -0.4 is 4.74 Å². The van der Waals surface area contributed by atoms with Crippen LogP contribution >= 0.6 is 11.6 Å². The van der Waals surface area contributed by atoms with E-state index in [1.165, 1.54) is 33.1 Å². The lowest BCUT2D eigenvalue weighted by molar-refractivity contribution is 0.0739. The lowest BCUT2D eigenvalue weighted by Crippen LogP contribution is -2.18. The first-order valence-electron chi connectivity index (χ1n) is 4.12. The zero-order valence-corrected chi connectivity index (χ0v) is 9.02. The van der Waals surface area contributed by atoms with Gasteiger partial charge < -0.3 is 9.84 Å². The molecule has 0 aliphatic carbocycles. The van der Waals surface area contributed by atoms with Crippen molar-refractivity contribution in [2.45, 2.75) is 19.4 Å². The molecule has 78 valence electrons. The van der Waals surface area contributed by atoms with Gasteiger partial charge in [-0.1, -0.05) is 17.7 Å². The van der Waals surface area contributed by atoms with E-state index in [2.05, 4.69) is 0 Å². The zero-order chi connectivity index (χ0) is 10.9. The predicted octanol–water partition coefficient (Wildman–Crippen LogP) is 2.72. The third-order valence-corrected chi connectivity index (χ3v) is 2.21. The first-order valence-corrected chi connectivity index (χ1v) is 4.50. The maximum atomic E-state index is 13.7. The van der Waals surface area contributed by atoms with Crippen molar-refractivity contribution >= 4 is 11.6 Å². The van der Waals surface area contributed by atoms with Gasteiger partial charge in [0.1, 0.15) is 0 Å². The lowest BCUT2D eigenvalue weighted by atomic mass is 9.97. The molecule has 4 heteroatoms. The van der Waals surface area contributed by atoms with Gasteiger partial charge in [0.2, 0.25) is 0 Å². The average Bonchev–Trinajstić information content (AvgIpc) is 2.02. The van der Waals surface area contributed by atoms with E-state index < -0.39 is 11.4 Å². The van der Waals surface area contributed by atoms with Gasteiger partial charge in [-0.3, -0.25) is 0 Å². The number of hydrogen-bond acceptors (Lipinski definition) is 2. The molecule has 0 aliphatic heterocycles. The van der Waals surface area contributed by atoms with Crippen molar-refractivity contribution in [2.75, 3.05) is 7.11 Å². The van der Waals surface area contributed by atoms with Crippen LogP contribution in [-0.2, 0) is 5.60 Å². The molecule has 2 nitrogen and oxygen atoms in total. The molecular formula is C10H12ClFO2. The highest BCUT2D eigenvalue weighted by molar-refractivity contribution is 6.32. The molecule has 0 heterocycles. The van der Waals surface area contributed by atoms with E-state index >= 15 is 0 Å². The summed E-state index contributed by atoms with van der Waals surface area (Å²) in [5, 5.41) is 9.83. The number of rotatable bonds is 2. The van der Waals surface area contributed by atoms with Gasteiger partial charge in [0.05, 0.1) is 17.7 Å². The van der Waals surface area contributed by atoms with E-state index in [1.807, 2.05) is 0 Å². The normalized spacial score (nSPS) is 11.6. The Bertz CT molecular complexity index is 345. The highest BCUT2D eigenvalue weighted by Crippen LogP contribution is 2.34. The van der Waals surface area contributed by atoms with Crippen molar-refractivity contribution in [1.29, 1.82) is 0 Å². The lowest BCUT2D eigenvalue weighted by Gasteiger charge is -2.20. The summed E-state index contributed by atoms with van der Waals surface area (Å²) in [6.07, 6.45) is 0. The Labute approximate surface area is 87.3 Å². The Morgan fingerprint density at radius 1 is 1.43 bits per heavy atom. The second-order valence-corrected chi connectivity index (χ2v) is 3.91. The largest absolute Gasteiger partial charge is 0.492 e. The van der Waals surface area contributed by atoms with E-state index in [9.17, 15) is 9.50 Å². The van der Waals surface area contributed by atoms with Crippen LogP contribution in [0.2, 0.25) is 5.02 Å². The van der Waals surface area contributed by atoms with Crippen LogP contribution in [0, 0.1) is 5.82 Å². The Morgan fingerprint density at radius 3 is 2.43 bits per heavy atom. The maximum Gasteiger partial charge on any atom is 0.173 e. The summed E-state index contributed by atoms with van der Waals surface area (Å²) in [4.78, 5) is 0. The Kier molecular flexibility index (Phi) is 3.02. The van der Waals surface area contributed by atoms with Gasteiger partial charge in [-0.2, -0.15) is 0 Å². The molecule has 0 aliphatic rings. The first kappa shape index (κ1) is 11.3. The van der Waals surface area contributed by atoms with Crippen LogP contribution in [-0.4, -0.2) is 12.2 Å². The van der Waals surface area contributed by atoms with Crippen LogP contribution in [0.5, 0.6) is 5.75 Å². The van der Waals surface area contributed by atoms with Crippen LogP contribution in [0.1, 0.15) is 19.4 Å². The topological polar surface area (TPSA) is 29.5 Å². The van der Waals surface area contributed by atoms with Gasteiger partial charge >= 0.3 is 0 Å². The standard InChI is InChI=1S/C10H12ClFO2/c1-10(2,13)6-4-5-7(11)9(14-3)8(6)12/h4-5,13H,1-3H3. The summed E-state index contributed by atoms with van der Waals surface area (Å²) in [5.74, 6) is -0.654. The summed E-state index contributed by atoms with van der Waals surface area (Å²) in [6, 6.07) is 2.94. The van der Waals surface area contributed by atoms with E-state index in [1.54, 1.807) is 0 Å². The van der Waals surface area contributed by atoms with Crippen molar-refractivity contribution in [3.63, 3.8) is 0 Å². The molecule has 1 aromatic rings. The molecule has 0 unspecified atom stereocenters. The number of aliphatic hydroxyl groups is 1. The molecule has 0 aromatic heterocycles. The van der Waals surface area contributed by atoms with E-state index in [4.69, 9.17) is 16.3 Å². The van der Waals surface area contributed by atoms with Gasteiger partial charge in [-0.25, -0.2) is 4.39 Å². The van der Waals surface area contributed by atoms with Crippen LogP contribution in [0.25, 0.3) is 0 Å². The van der Waals surface area contributed by atoms with E-state index in [-0.39, 0.29) is 16.3 Å². The molecule has 0 fully saturated rings. The van der Waals surface area contributed by atoms with Crippen molar-refractivity contribution in [1.82, 2.24) is 0 Å². The van der Waals surface area contributed by atoms with Crippen molar-refractivity contribution in [3.05, 3.63) is 28.5 Å². The summed E-state index contributed by atoms with van der Waals surface area (Å²) >= 11 is 5.71. The minimum absolute atomic E-state index is 0.0358. The van der Waals surface area contributed by atoms with Gasteiger partial charge in [0.25, 0.3) is 0 Å². The third kappa shape index (κ3) is 1.99. The van der Waals surface area contributed by atoms with Crippen LogP contribution in [0.15, 0.2) is 12.1 Å². The van der Waals surface area contributed by atoms with Gasteiger partial charge in [0.15, 0.2) is 11.6 Å². The molecule has 1 rings (SSSR count). The summed E-state index contributed by atoms with van der Waals surface area (Å²) < 4.78 is 18.5. The molecule has 0 saturated heterocycles. The predicted molar refractivity (Wildman–Crippen MR) is 53.2 cm³/mol. The monoisotopic (exact) mass is 218 g/mol. The molecule has 0 amide bonds. The van der Waals surface area contributed by atoms with Crippen LogP contribution in [0.3, 0.4) is 0 Å². The number of hydrogen-bond donors (Lipinski definition) is 1. The molecule has 0 spiro atoms. The molecular weight excluding hydrogens is 207 g/mol. The zero-order valence-electron chi connectivity index (χ0n) is 8.27. The molecule has 0 bridgehead atoms. The second-order valence-electron chi connectivity index (χ2n) is 3.50. The number of methoxy groups -OCH3 is 1. The Morgan fingerprint density at radius 2 is 2.00 bits per heavy atom. The summed E-state index contributed by atoms with van der Waals surface area (Å²) in [7, 11) is 1.33. The SMILES string of the molecule is COc1c(Cl)ccc(C(C)(C)O)c1F. The molecule has 14 heavy (non-hydrogen) atoms. The number of halogens is 2. The number of ether oxygens (including phenoxy) is 1. The highest BCUT2D eigenvalue weighted by atomic mass is 35.5. The van der Waals surface area contributed by atoms with Crippen molar-refractivity contribution in [3.8, 4) is 5.75 Å².